The van der Waals surface area contributed by atoms with Crippen LogP contribution in [0.3, 0.4) is 0 Å². The number of hydrogen-bond donors (Lipinski definition) is 1. The Morgan fingerprint density at radius 2 is 1.69 bits per heavy atom. The van der Waals surface area contributed by atoms with Crippen LogP contribution in [0, 0.1) is 0 Å². The van der Waals surface area contributed by atoms with Crippen LogP contribution in [0.15, 0.2) is 82.0 Å². The van der Waals surface area contributed by atoms with E-state index in [-0.39, 0.29) is 6.61 Å². The van der Waals surface area contributed by atoms with Gasteiger partial charge in [-0.05, 0) is 41.9 Å². The third-order valence-corrected chi connectivity index (χ3v) is 6.50. The van der Waals surface area contributed by atoms with Gasteiger partial charge in [-0.25, -0.2) is 9.59 Å². The molecule has 1 saturated heterocycles. The first-order chi connectivity index (χ1) is 17.6. The van der Waals surface area contributed by atoms with Crippen LogP contribution in [0.2, 0.25) is 0 Å². The fourth-order valence-corrected chi connectivity index (χ4v) is 4.64. The van der Waals surface area contributed by atoms with Gasteiger partial charge in [0.2, 0.25) is 0 Å². The predicted molar refractivity (Wildman–Crippen MR) is 141 cm³/mol. The maximum atomic E-state index is 12.5. The van der Waals surface area contributed by atoms with Gasteiger partial charge < -0.3 is 19.4 Å². The van der Waals surface area contributed by atoms with Crippen molar-refractivity contribution in [3.05, 3.63) is 88.9 Å². The summed E-state index contributed by atoms with van der Waals surface area (Å²) in [4.78, 5) is 29.6. The summed E-state index contributed by atoms with van der Waals surface area (Å²) in [5, 5.41) is 2.90. The molecule has 0 atom stereocenters. The normalized spacial score (nSPS) is 14.3. The molecule has 1 aliphatic rings. The molecule has 1 fully saturated rings. The number of nitrogens with one attached hydrogen (secondary N) is 1. The number of nitrogens with zero attached hydrogens (tertiary/aromatic N) is 3. The number of ether oxygens (including phenoxy) is 1. The third kappa shape index (κ3) is 5.05. The highest BCUT2D eigenvalue weighted by molar-refractivity contribution is 5.92. The zero-order valence-corrected chi connectivity index (χ0v) is 20.4. The standard InChI is InChI=1S/C28H30N4O4/c1-29-13-18-35-27(33)32-25-12-6-11-24(26(25)36-28(32)34)31-16-14-30(15-17-31)20-21-7-5-10-23(19-21)22-8-3-2-4-9-22/h2-12,19,29H,13-18,20H2,1H3. The number of piperazine rings is 1. The van der Waals surface area contributed by atoms with Crippen LogP contribution in [0.25, 0.3) is 22.2 Å². The molecule has 0 bridgehead atoms. The zero-order chi connectivity index (χ0) is 24.9. The Bertz CT molecular complexity index is 1390. The molecule has 0 radical (unpaired) electrons. The highest BCUT2D eigenvalue weighted by atomic mass is 16.6. The largest absolute Gasteiger partial charge is 0.447 e. The second-order valence-electron chi connectivity index (χ2n) is 8.88. The summed E-state index contributed by atoms with van der Waals surface area (Å²) in [5.41, 5.74) is 5.38. The van der Waals surface area contributed by atoms with Crippen molar-refractivity contribution in [1.82, 2.24) is 14.8 Å². The fraction of sp³-hybridized carbons (Fsp3) is 0.286. The van der Waals surface area contributed by atoms with Crippen LogP contribution < -0.4 is 16.0 Å². The van der Waals surface area contributed by atoms with Gasteiger partial charge in [0.25, 0.3) is 0 Å². The number of likely N-dealkylation sites (N-methyl/N-ethyl adjacent to an activating group) is 1. The molecule has 0 saturated carbocycles. The van der Waals surface area contributed by atoms with Gasteiger partial charge in [-0.15, -0.1) is 0 Å². The van der Waals surface area contributed by atoms with Crippen LogP contribution in [-0.4, -0.2) is 61.9 Å². The van der Waals surface area contributed by atoms with E-state index in [0.29, 0.717) is 17.6 Å². The first kappa shape index (κ1) is 23.8. The van der Waals surface area contributed by atoms with Crippen LogP contribution >= 0.6 is 0 Å². The minimum atomic E-state index is -0.733. The molecule has 3 aromatic carbocycles. The van der Waals surface area contributed by atoms with Gasteiger partial charge in [0, 0.05) is 39.3 Å². The van der Waals surface area contributed by atoms with Crippen molar-refractivity contribution in [2.75, 3.05) is 51.3 Å². The van der Waals surface area contributed by atoms with Gasteiger partial charge in [0.15, 0.2) is 5.58 Å². The number of oxazole rings is 1. The van der Waals surface area contributed by atoms with Crippen molar-refractivity contribution >= 4 is 22.9 Å². The van der Waals surface area contributed by atoms with E-state index >= 15 is 0 Å². The number of aromatic nitrogens is 1. The van der Waals surface area contributed by atoms with Crippen molar-refractivity contribution in [1.29, 1.82) is 0 Å². The summed E-state index contributed by atoms with van der Waals surface area (Å²) in [6, 6.07) is 24.6. The number of fused-ring (bicyclic) bond motifs is 1. The van der Waals surface area contributed by atoms with E-state index in [2.05, 4.69) is 63.6 Å². The second-order valence-corrected chi connectivity index (χ2v) is 8.88. The lowest BCUT2D eigenvalue weighted by Gasteiger charge is -2.36. The Morgan fingerprint density at radius 1 is 0.944 bits per heavy atom. The van der Waals surface area contributed by atoms with Crippen molar-refractivity contribution < 1.29 is 13.9 Å². The molecular weight excluding hydrogens is 456 g/mol. The number of benzene rings is 3. The van der Waals surface area contributed by atoms with Gasteiger partial charge in [-0.1, -0.05) is 54.6 Å². The molecule has 0 unspecified atom stereocenters. The van der Waals surface area contributed by atoms with Gasteiger partial charge in [0.05, 0.1) is 5.69 Å². The van der Waals surface area contributed by atoms with E-state index in [1.54, 1.807) is 13.1 Å². The molecule has 36 heavy (non-hydrogen) atoms. The summed E-state index contributed by atoms with van der Waals surface area (Å²) in [6.45, 7) is 4.89. The van der Waals surface area contributed by atoms with E-state index in [0.717, 1.165) is 43.0 Å². The minimum Gasteiger partial charge on any atom is -0.447 e. The van der Waals surface area contributed by atoms with Crippen LogP contribution in [0.4, 0.5) is 10.5 Å². The number of rotatable bonds is 7. The predicted octanol–water partition coefficient (Wildman–Crippen LogP) is 3.79. The minimum absolute atomic E-state index is 0.171. The molecule has 2 heterocycles. The molecule has 0 spiro atoms. The number of hydrogen-bond acceptors (Lipinski definition) is 7. The fourth-order valence-electron chi connectivity index (χ4n) is 4.64. The number of anilines is 1. The Labute approximate surface area is 209 Å². The van der Waals surface area contributed by atoms with Crippen LogP contribution in [-0.2, 0) is 11.3 Å². The highest BCUT2D eigenvalue weighted by Crippen LogP contribution is 2.28. The maximum Gasteiger partial charge on any atom is 0.429 e. The van der Waals surface area contributed by atoms with Crippen LogP contribution in [0.5, 0.6) is 0 Å². The highest BCUT2D eigenvalue weighted by Gasteiger charge is 2.24. The number of carbonyl (C=O) groups excluding carboxylic acids is 1. The summed E-state index contributed by atoms with van der Waals surface area (Å²) in [5.74, 6) is -0.733. The number of para-hydroxylation sites is 1. The maximum absolute atomic E-state index is 12.5. The topological polar surface area (TPSA) is 79.9 Å². The smallest absolute Gasteiger partial charge is 0.429 e. The van der Waals surface area contributed by atoms with Crippen molar-refractivity contribution in [3.63, 3.8) is 0 Å². The van der Waals surface area contributed by atoms with Crippen molar-refractivity contribution in [2.45, 2.75) is 6.54 Å². The van der Waals surface area contributed by atoms with Crippen molar-refractivity contribution in [3.8, 4) is 11.1 Å². The van der Waals surface area contributed by atoms with Gasteiger partial charge >= 0.3 is 11.8 Å². The molecule has 5 rings (SSSR count). The van der Waals surface area contributed by atoms with Gasteiger partial charge in [-0.2, -0.15) is 4.57 Å². The molecule has 0 aliphatic carbocycles. The summed E-state index contributed by atoms with van der Waals surface area (Å²) < 4.78 is 11.7. The molecule has 1 aliphatic heterocycles. The Kier molecular flexibility index (Phi) is 7.16. The number of carbonyl (C=O) groups is 1. The monoisotopic (exact) mass is 486 g/mol. The quantitative estimate of drug-likeness (QED) is 0.398. The summed E-state index contributed by atoms with van der Waals surface area (Å²) in [7, 11) is 1.76. The SMILES string of the molecule is CNCCOC(=O)n1c(=O)oc2c(N3CCN(Cc4cccc(-c5ccccc5)c4)CC3)cccc21. The molecule has 0 amide bonds. The van der Waals surface area contributed by atoms with Crippen molar-refractivity contribution in [2.24, 2.45) is 0 Å². The second kappa shape index (κ2) is 10.8. The molecule has 8 heteroatoms. The lowest BCUT2D eigenvalue weighted by Crippen LogP contribution is -2.46. The zero-order valence-electron chi connectivity index (χ0n) is 20.4. The molecule has 8 nitrogen and oxygen atoms in total. The molecule has 1 aromatic heterocycles. The molecule has 1 N–H and O–H groups in total. The Balaban J connectivity index is 1.27. The van der Waals surface area contributed by atoms with E-state index < -0.39 is 11.8 Å². The van der Waals surface area contributed by atoms with E-state index in [1.807, 2.05) is 18.2 Å². The average molecular weight is 487 g/mol. The van der Waals surface area contributed by atoms with E-state index in [4.69, 9.17) is 9.15 Å². The summed E-state index contributed by atoms with van der Waals surface area (Å²) >= 11 is 0. The average Bonchev–Trinajstić information content (AvgIpc) is 3.26. The first-order valence-corrected chi connectivity index (χ1v) is 12.2. The molecule has 186 valence electrons. The molecular formula is C28H30N4O4. The Morgan fingerprint density at radius 3 is 2.47 bits per heavy atom. The first-order valence-electron chi connectivity index (χ1n) is 12.2. The lowest BCUT2D eigenvalue weighted by atomic mass is 10.0. The lowest BCUT2D eigenvalue weighted by molar-refractivity contribution is 0.148. The van der Waals surface area contributed by atoms with E-state index in [9.17, 15) is 9.59 Å². The van der Waals surface area contributed by atoms with E-state index in [1.165, 1.54) is 16.7 Å². The van der Waals surface area contributed by atoms with Gasteiger partial charge in [-0.3, -0.25) is 4.90 Å². The van der Waals surface area contributed by atoms with Crippen LogP contribution in [0.1, 0.15) is 5.56 Å². The third-order valence-electron chi connectivity index (χ3n) is 6.50. The van der Waals surface area contributed by atoms with Gasteiger partial charge in [0.1, 0.15) is 12.1 Å². The summed E-state index contributed by atoms with van der Waals surface area (Å²) in [6.07, 6.45) is -0.728. The Hall–Kier alpha value is -3.88. The molecule has 4 aromatic rings.